The van der Waals surface area contributed by atoms with Gasteiger partial charge < -0.3 is 4.57 Å². The first-order chi connectivity index (χ1) is 4.74. The summed E-state index contributed by atoms with van der Waals surface area (Å²) in [5.41, 5.74) is 0.247. The Balaban J connectivity index is 3.34. The van der Waals surface area contributed by atoms with Gasteiger partial charge in [0, 0.05) is 13.1 Å². The number of aryl methyl sites for hydroxylation is 1. The molecule has 0 aliphatic carbocycles. The molecule has 0 saturated heterocycles. The van der Waals surface area contributed by atoms with Crippen LogP contribution in [0.5, 0.6) is 0 Å². The normalized spacial score (nSPS) is 8.80. The van der Waals surface area contributed by atoms with E-state index in [2.05, 4.69) is 4.85 Å². The molecule has 0 aromatic carbocycles. The molecule has 0 spiro atoms. The van der Waals surface area contributed by atoms with Crippen LogP contribution in [0.1, 0.15) is 0 Å². The van der Waals surface area contributed by atoms with E-state index in [4.69, 9.17) is 6.57 Å². The van der Waals surface area contributed by atoms with Gasteiger partial charge in [-0.2, -0.15) is 0 Å². The third kappa shape index (κ3) is 1.06. The largest absolute Gasteiger partial charge is 0.321 e. The van der Waals surface area contributed by atoms with Gasteiger partial charge in [-0.25, -0.2) is 4.85 Å². The fourth-order valence-electron chi connectivity index (χ4n) is 0.608. The number of hydrogen-bond donors (Lipinski definition) is 0. The molecule has 1 heterocycles. The van der Waals surface area contributed by atoms with E-state index in [1.807, 2.05) is 0 Å². The van der Waals surface area contributed by atoms with Crippen LogP contribution in [0.4, 0.5) is 5.69 Å². The molecule has 1 aromatic heterocycles. The predicted molar refractivity (Wildman–Crippen MR) is 37.9 cm³/mol. The molecule has 0 aliphatic rings. The maximum atomic E-state index is 10.8. The minimum atomic E-state index is -0.145. The number of hydrogen-bond acceptors (Lipinski definition) is 1. The van der Waals surface area contributed by atoms with Crippen molar-refractivity contribution in [2.75, 3.05) is 0 Å². The summed E-state index contributed by atoms with van der Waals surface area (Å²) in [4.78, 5) is 13.9. The van der Waals surface area contributed by atoms with Crippen molar-refractivity contribution in [3.63, 3.8) is 0 Å². The van der Waals surface area contributed by atoms with E-state index in [-0.39, 0.29) is 5.56 Å². The van der Waals surface area contributed by atoms with E-state index in [0.29, 0.717) is 5.69 Å². The number of aromatic nitrogens is 1. The topological polar surface area (TPSA) is 26.4 Å². The maximum absolute atomic E-state index is 10.8. The summed E-state index contributed by atoms with van der Waals surface area (Å²) in [6.07, 6.45) is 1.58. The Kier molecular flexibility index (Phi) is 1.55. The lowest BCUT2D eigenvalue weighted by Crippen LogP contribution is -2.12. The zero-order chi connectivity index (χ0) is 7.56. The lowest BCUT2D eigenvalue weighted by molar-refractivity contribution is 0.862. The summed E-state index contributed by atoms with van der Waals surface area (Å²) in [7, 11) is 1.65. The van der Waals surface area contributed by atoms with Crippen LogP contribution in [0.25, 0.3) is 4.85 Å². The molecule has 0 fully saturated rings. The van der Waals surface area contributed by atoms with Crippen LogP contribution in [0.15, 0.2) is 23.1 Å². The first-order valence-corrected chi connectivity index (χ1v) is 2.78. The van der Waals surface area contributed by atoms with Crippen molar-refractivity contribution < 1.29 is 0 Å². The van der Waals surface area contributed by atoms with Crippen molar-refractivity contribution in [1.82, 2.24) is 4.57 Å². The van der Waals surface area contributed by atoms with Crippen LogP contribution < -0.4 is 5.56 Å². The summed E-state index contributed by atoms with van der Waals surface area (Å²) in [6, 6.07) is 2.92. The number of nitrogens with zero attached hydrogens (tertiary/aromatic N) is 2. The third-order valence-electron chi connectivity index (χ3n) is 1.22. The molecule has 3 heteroatoms. The SMILES string of the molecule is [C-]#[N+]c1ccn(C)c(=O)c1. The van der Waals surface area contributed by atoms with Crippen molar-refractivity contribution in [2.24, 2.45) is 7.05 Å². The van der Waals surface area contributed by atoms with Crippen LogP contribution in [0.2, 0.25) is 0 Å². The van der Waals surface area contributed by atoms with Gasteiger partial charge >= 0.3 is 0 Å². The van der Waals surface area contributed by atoms with E-state index >= 15 is 0 Å². The Morgan fingerprint density at radius 1 is 1.70 bits per heavy atom. The highest BCUT2D eigenvalue weighted by atomic mass is 16.1. The Labute approximate surface area is 58.4 Å². The molecular weight excluding hydrogens is 128 g/mol. The highest BCUT2D eigenvalue weighted by Crippen LogP contribution is 2.04. The van der Waals surface area contributed by atoms with Gasteiger partial charge in [0.1, 0.15) is 0 Å². The molecule has 0 bridgehead atoms. The molecule has 0 aliphatic heterocycles. The molecule has 10 heavy (non-hydrogen) atoms. The van der Waals surface area contributed by atoms with Gasteiger partial charge in [-0.15, -0.1) is 0 Å². The lowest BCUT2D eigenvalue weighted by Gasteiger charge is -1.92. The van der Waals surface area contributed by atoms with Crippen LogP contribution in [-0.4, -0.2) is 4.57 Å². The summed E-state index contributed by atoms with van der Waals surface area (Å²) in [5.74, 6) is 0. The minimum Gasteiger partial charge on any atom is -0.321 e. The summed E-state index contributed by atoms with van der Waals surface area (Å²) >= 11 is 0. The summed E-state index contributed by atoms with van der Waals surface area (Å²) in [6.45, 7) is 6.59. The molecule has 50 valence electrons. The average Bonchev–Trinajstić information content (AvgIpc) is 1.95. The second-order valence-electron chi connectivity index (χ2n) is 1.95. The smallest absolute Gasteiger partial charge is 0.239 e. The third-order valence-corrected chi connectivity index (χ3v) is 1.22. The van der Waals surface area contributed by atoms with E-state index < -0.39 is 0 Å². The highest BCUT2D eigenvalue weighted by Gasteiger charge is 1.91. The molecule has 0 saturated carbocycles. The van der Waals surface area contributed by atoms with Gasteiger partial charge in [-0.1, -0.05) is 0 Å². The first-order valence-electron chi connectivity index (χ1n) is 2.78. The Hall–Kier alpha value is -1.56. The number of rotatable bonds is 0. The predicted octanol–water partition coefficient (Wildman–Crippen LogP) is 0.936. The molecule has 0 unspecified atom stereocenters. The van der Waals surface area contributed by atoms with Crippen LogP contribution in [0.3, 0.4) is 0 Å². The fourth-order valence-corrected chi connectivity index (χ4v) is 0.608. The second-order valence-corrected chi connectivity index (χ2v) is 1.95. The van der Waals surface area contributed by atoms with E-state index in [1.54, 1.807) is 19.3 Å². The zero-order valence-corrected chi connectivity index (χ0v) is 5.53. The first kappa shape index (κ1) is 6.56. The van der Waals surface area contributed by atoms with Gasteiger partial charge in [0.05, 0.1) is 6.57 Å². The summed E-state index contributed by atoms with van der Waals surface area (Å²) < 4.78 is 1.43. The van der Waals surface area contributed by atoms with Crippen molar-refractivity contribution in [3.8, 4) is 0 Å². The standard InChI is InChI=1S/C7H6N2O/c1-8-6-3-4-9(2)7(10)5-6/h3-5H,2H3. The minimum absolute atomic E-state index is 0.145. The molecule has 0 N–H and O–H groups in total. The van der Waals surface area contributed by atoms with E-state index in [0.717, 1.165) is 0 Å². The van der Waals surface area contributed by atoms with Crippen molar-refractivity contribution in [3.05, 3.63) is 40.1 Å². The molecular formula is C7H6N2O. The van der Waals surface area contributed by atoms with Gasteiger partial charge in [0.15, 0.2) is 5.69 Å². The van der Waals surface area contributed by atoms with E-state index in [1.165, 1.54) is 10.6 Å². The van der Waals surface area contributed by atoms with Gasteiger partial charge in [-0.3, -0.25) is 4.79 Å². The molecule has 0 radical (unpaired) electrons. The molecule has 1 aromatic rings. The molecule has 0 atom stereocenters. The summed E-state index contributed by atoms with van der Waals surface area (Å²) in [5, 5.41) is 0. The van der Waals surface area contributed by atoms with Gasteiger partial charge in [0.25, 0.3) is 0 Å². The van der Waals surface area contributed by atoms with E-state index in [9.17, 15) is 4.79 Å². The monoisotopic (exact) mass is 134 g/mol. The average molecular weight is 134 g/mol. The van der Waals surface area contributed by atoms with Crippen molar-refractivity contribution in [1.29, 1.82) is 0 Å². The van der Waals surface area contributed by atoms with Gasteiger partial charge in [-0.05, 0) is 12.3 Å². The zero-order valence-electron chi connectivity index (χ0n) is 5.53. The Morgan fingerprint density at radius 3 is 2.90 bits per heavy atom. The Morgan fingerprint density at radius 2 is 2.40 bits per heavy atom. The molecule has 1 rings (SSSR count). The van der Waals surface area contributed by atoms with Crippen molar-refractivity contribution in [2.45, 2.75) is 0 Å². The van der Waals surface area contributed by atoms with Crippen molar-refractivity contribution >= 4 is 5.69 Å². The van der Waals surface area contributed by atoms with Crippen LogP contribution >= 0.6 is 0 Å². The van der Waals surface area contributed by atoms with Gasteiger partial charge in [0.2, 0.25) is 5.56 Å². The number of pyridine rings is 1. The van der Waals surface area contributed by atoms with Crippen LogP contribution in [-0.2, 0) is 7.05 Å². The second kappa shape index (κ2) is 2.36. The fraction of sp³-hybridized carbons (Fsp3) is 0.143. The highest BCUT2D eigenvalue weighted by molar-refractivity contribution is 5.41. The lowest BCUT2D eigenvalue weighted by atomic mass is 10.4. The maximum Gasteiger partial charge on any atom is 0.239 e. The molecule has 0 amide bonds. The molecule has 3 nitrogen and oxygen atoms in total. The quantitative estimate of drug-likeness (QED) is 0.485. The van der Waals surface area contributed by atoms with Crippen LogP contribution in [0, 0.1) is 6.57 Å². The Bertz CT molecular complexity index is 332.